The molecule has 0 bridgehead atoms. The zero-order chi connectivity index (χ0) is 16.1. The largest absolute Gasteiger partial charge is 0.325 e. The lowest BCUT2D eigenvalue weighted by molar-refractivity contribution is -0.115. The Morgan fingerprint density at radius 3 is 2.18 bits per heavy atom. The number of hydrogen-bond acceptors (Lipinski definition) is 3. The molecule has 0 spiro atoms. The normalized spacial score (nSPS) is 11.8. The Balaban J connectivity index is 1.95. The van der Waals surface area contributed by atoms with Crippen LogP contribution in [0.15, 0.2) is 53.4 Å². The third-order valence-corrected chi connectivity index (χ3v) is 4.42. The van der Waals surface area contributed by atoms with E-state index in [4.69, 9.17) is 11.6 Å². The van der Waals surface area contributed by atoms with E-state index in [0.717, 1.165) is 4.90 Å². The fraction of sp³-hybridized carbons (Fsp3) is 0.176. The zero-order valence-corrected chi connectivity index (χ0v) is 13.9. The molecule has 2 aromatic rings. The van der Waals surface area contributed by atoms with Crippen LogP contribution in [0.4, 0.5) is 5.69 Å². The first kappa shape index (κ1) is 16.6. The van der Waals surface area contributed by atoms with Gasteiger partial charge in [0.05, 0.1) is 5.25 Å². The minimum Gasteiger partial charge on any atom is -0.325 e. The fourth-order valence-corrected chi connectivity index (χ4v) is 2.80. The molecular formula is C17H16ClNO2S. The third-order valence-electron chi connectivity index (χ3n) is 3.05. The maximum Gasteiger partial charge on any atom is 0.237 e. The number of anilines is 1. The maximum atomic E-state index is 12.2. The van der Waals surface area contributed by atoms with Crippen LogP contribution in [0.1, 0.15) is 24.2 Å². The number of hydrogen-bond donors (Lipinski definition) is 1. The molecule has 114 valence electrons. The molecule has 1 amide bonds. The van der Waals surface area contributed by atoms with E-state index in [-0.39, 0.29) is 16.9 Å². The van der Waals surface area contributed by atoms with Crippen molar-refractivity contribution in [2.45, 2.75) is 24.0 Å². The predicted molar refractivity (Wildman–Crippen MR) is 91.8 cm³/mol. The summed E-state index contributed by atoms with van der Waals surface area (Å²) in [6, 6.07) is 14.2. The molecule has 1 N–H and O–H groups in total. The maximum absolute atomic E-state index is 12.2. The van der Waals surface area contributed by atoms with Crippen LogP contribution in [0.3, 0.4) is 0 Å². The lowest BCUT2D eigenvalue weighted by atomic mass is 10.1. The van der Waals surface area contributed by atoms with Crippen LogP contribution in [0, 0.1) is 0 Å². The zero-order valence-electron chi connectivity index (χ0n) is 12.3. The molecule has 0 radical (unpaired) electrons. The Labute approximate surface area is 139 Å². The van der Waals surface area contributed by atoms with E-state index in [1.165, 1.54) is 18.7 Å². The van der Waals surface area contributed by atoms with Crippen LogP contribution < -0.4 is 5.32 Å². The van der Waals surface area contributed by atoms with Crippen molar-refractivity contribution in [3.63, 3.8) is 0 Å². The quantitative estimate of drug-likeness (QED) is 0.639. The van der Waals surface area contributed by atoms with Crippen LogP contribution >= 0.6 is 23.4 Å². The molecular weight excluding hydrogens is 318 g/mol. The molecule has 0 fully saturated rings. The number of amides is 1. The predicted octanol–water partition coefficient (Wildman–Crippen LogP) is 4.66. The number of halogens is 1. The summed E-state index contributed by atoms with van der Waals surface area (Å²) in [7, 11) is 0. The molecule has 0 aliphatic rings. The highest BCUT2D eigenvalue weighted by molar-refractivity contribution is 8.00. The Morgan fingerprint density at radius 2 is 1.64 bits per heavy atom. The van der Waals surface area contributed by atoms with E-state index < -0.39 is 0 Å². The smallest absolute Gasteiger partial charge is 0.237 e. The Bertz CT molecular complexity index is 668. The first-order valence-electron chi connectivity index (χ1n) is 6.80. The molecule has 0 saturated heterocycles. The number of thioether (sulfide) groups is 1. The van der Waals surface area contributed by atoms with Crippen molar-refractivity contribution < 1.29 is 9.59 Å². The van der Waals surface area contributed by atoms with Crippen LogP contribution in [0.25, 0.3) is 0 Å². The minimum atomic E-state index is -0.242. The second kappa shape index (κ2) is 7.47. The summed E-state index contributed by atoms with van der Waals surface area (Å²) in [5.41, 5.74) is 1.31. The van der Waals surface area contributed by atoms with Crippen LogP contribution in [0.5, 0.6) is 0 Å². The molecule has 0 aliphatic carbocycles. The highest BCUT2D eigenvalue weighted by atomic mass is 35.5. The minimum absolute atomic E-state index is 0.00420. The molecule has 5 heteroatoms. The summed E-state index contributed by atoms with van der Waals surface area (Å²) in [5, 5.41) is 3.27. The fourth-order valence-electron chi connectivity index (χ4n) is 1.80. The van der Waals surface area contributed by atoms with Crippen molar-refractivity contribution in [3.8, 4) is 0 Å². The topological polar surface area (TPSA) is 46.2 Å². The number of benzene rings is 2. The van der Waals surface area contributed by atoms with Gasteiger partial charge in [0, 0.05) is 21.2 Å². The van der Waals surface area contributed by atoms with Crippen molar-refractivity contribution >= 4 is 40.7 Å². The van der Waals surface area contributed by atoms with Crippen molar-refractivity contribution in [2.75, 3.05) is 5.32 Å². The lowest BCUT2D eigenvalue weighted by Gasteiger charge is -2.12. The number of carbonyl (C=O) groups excluding carboxylic acids is 2. The molecule has 2 aromatic carbocycles. The molecule has 3 nitrogen and oxygen atoms in total. The van der Waals surface area contributed by atoms with E-state index in [9.17, 15) is 9.59 Å². The van der Waals surface area contributed by atoms with Crippen molar-refractivity contribution in [3.05, 3.63) is 59.1 Å². The summed E-state index contributed by atoms with van der Waals surface area (Å²) in [5.74, 6) is -0.0833. The summed E-state index contributed by atoms with van der Waals surface area (Å²) >= 11 is 7.30. The molecule has 0 aliphatic heterocycles. The second-order valence-corrected chi connectivity index (χ2v) is 6.69. The first-order valence-corrected chi connectivity index (χ1v) is 8.05. The number of carbonyl (C=O) groups is 2. The molecule has 22 heavy (non-hydrogen) atoms. The Morgan fingerprint density at radius 1 is 1.05 bits per heavy atom. The van der Waals surface area contributed by atoms with Crippen LogP contribution in [0.2, 0.25) is 5.02 Å². The van der Waals surface area contributed by atoms with Gasteiger partial charge in [0.1, 0.15) is 0 Å². The highest BCUT2D eigenvalue weighted by Gasteiger charge is 2.14. The molecule has 0 heterocycles. The molecule has 2 rings (SSSR count). The van der Waals surface area contributed by atoms with E-state index in [1.807, 2.05) is 19.1 Å². The molecule has 1 atom stereocenters. The van der Waals surface area contributed by atoms with Gasteiger partial charge in [-0.3, -0.25) is 9.59 Å². The first-order chi connectivity index (χ1) is 10.5. The molecule has 0 unspecified atom stereocenters. The molecule has 0 aromatic heterocycles. The Hall–Kier alpha value is -1.78. The van der Waals surface area contributed by atoms with E-state index in [0.29, 0.717) is 16.3 Å². The van der Waals surface area contributed by atoms with E-state index in [2.05, 4.69) is 5.32 Å². The molecule has 0 saturated carbocycles. The summed E-state index contributed by atoms with van der Waals surface area (Å²) in [6.45, 7) is 3.36. The van der Waals surface area contributed by atoms with Gasteiger partial charge in [0.15, 0.2) is 5.78 Å². The third kappa shape index (κ3) is 4.61. The van der Waals surface area contributed by atoms with Gasteiger partial charge < -0.3 is 5.32 Å². The number of Topliss-reactive ketones (excluding diaryl/α,β-unsaturated/α-hetero) is 1. The highest BCUT2D eigenvalue weighted by Crippen LogP contribution is 2.25. The monoisotopic (exact) mass is 333 g/mol. The van der Waals surface area contributed by atoms with Gasteiger partial charge >= 0.3 is 0 Å². The Kier molecular flexibility index (Phi) is 5.63. The van der Waals surface area contributed by atoms with Gasteiger partial charge in [0.25, 0.3) is 0 Å². The van der Waals surface area contributed by atoms with Crippen molar-refractivity contribution in [1.29, 1.82) is 0 Å². The van der Waals surface area contributed by atoms with Gasteiger partial charge in [-0.2, -0.15) is 0 Å². The summed E-state index contributed by atoms with van der Waals surface area (Å²) < 4.78 is 0. The number of rotatable bonds is 5. The van der Waals surface area contributed by atoms with Gasteiger partial charge in [-0.25, -0.2) is 0 Å². The van der Waals surface area contributed by atoms with Gasteiger partial charge in [-0.1, -0.05) is 11.6 Å². The van der Waals surface area contributed by atoms with Crippen molar-refractivity contribution in [2.24, 2.45) is 0 Å². The number of nitrogens with one attached hydrogen (secondary N) is 1. The van der Waals surface area contributed by atoms with Gasteiger partial charge in [0.2, 0.25) is 5.91 Å². The van der Waals surface area contributed by atoms with Crippen LogP contribution in [-0.4, -0.2) is 16.9 Å². The SMILES string of the molecule is CC(=O)c1ccc(NC(=O)[C@@H](C)Sc2ccc(Cl)cc2)cc1. The van der Waals surface area contributed by atoms with Gasteiger partial charge in [-0.05, 0) is 62.4 Å². The van der Waals surface area contributed by atoms with Gasteiger partial charge in [-0.15, -0.1) is 11.8 Å². The summed E-state index contributed by atoms with van der Waals surface area (Å²) in [4.78, 5) is 24.4. The van der Waals surface area contributed by atoms with Crippen LogP contribution in [-0.2, 0) is 4.79 Å². The lowest BCUT2D eigenvalue weighted by Crippen LogP contribution is -2.22. The average Bonchev–Trinajstić information content (AvgIpc) is 2.50. The van der Waals surface area contributed by atoms with Crippen molar-refractivity contribution in [1.82, 2.24) is 0 Å². The second-order valence-electron chi connectivity index (χ2n) is 4.84. The van der Waals surface area contributed by atoms with E-state index in [1.54, 1.807) is 36.4 Å². The van der Waals surface area contributed by atoms with E-state index >= 15 is 0 Å². The standard InChI is InChI=1S/C17H16ClNO2S/c1-11(20)13-3-7-15(8-4-13)19-17(21)12(2)22-16-9-5-14(18)6-10-16/h3-10,12H,1-2H3,(H,19,21)/t12-/m1/s1. The number of ketones is 1. The summed E-state index contributed by atoms with van der Waals surface area (Å²) in [6.07, 6.45) is 0. The average molecular weight is 334 g/mol.